The van der Waals surface area contributed by atoms with Gasteiger partial charge in [-0.15, -0.1) is 11.3 Å². The second kappa shape index (κ2) is 14.0. The minimum atomic E-state index is -0.106. The molecule has 4 heteroatoms. The van der Waals surface area contributed by atoms with Gasteiger partial charge in [0.1, 0.15) is 0 Å². The molecule has 0 saturated heterocycles. The molecule has 0 unspecified atom stereocenters. The molecule has 0 bridgehead atoms. The zero-order valence-corrected chi connectivity index (χ0v) is 41.4. The second-order valence-corrected chi connectivity index (χ2v) is 24.2. The monoisotopic (exact) mass is 886 g/mol. The highest BCUT2D eigenvalue weighted by atomic mass is 32.1. The third-order valence-corrected chi connectivity index (χ3v) is 18.2. The summed E-state index contributed by atoms with van der Waals surface area (Å²) in [6.07, 6.45) is 4.73. The SMILES string of the molecule is Cc1cc2c(cc1N1c3ccc(-c4ccccc4)cc3B3c4c1cc1ccccc1c4-c1cc4sc5ccccc5c4cc1N3c1ccc3c(c1)C(C)(C)CCC3(C)C)C(C)(C)CCC2(C)C. The van der Waals surface area contributed by atoms with Gasteiger partial charge in [0.25, 0.3) is 0 Å². The van der Waals surface area contributed by atoms with Crippen LogP contribution in [0.4, 0.5) is 28.4 Å². The van der Waals surface area contributed by atoms with E-state index in [1.165, 1.54) is 146 Å². The molecule has 1 aromatic heterocycles. The summed E-state index contributed by atoms with van der Waals surface area (Å²) >= 11 is 1.93. The van der Waals surface area contributed by atoms with Crippen molar-refractivity contribution in [2.45, 2.75) is 110 Å². The van der Waals surface area contributed by atoms with Crippen molar-refractivity contribution in [2.24, 2.45) is 0 Å². The summed E-state index contributed by atoms with van der Waals surface area (Å²) in [6, 6.07) is 57.0. The predicted molar refractivity (Wildman–Crippen MR) is 291 cm³/mol. The number of anilines is 5. The molecule has 4 aliphatic rings. The highest BCUT2D eigenvalue weighted by Gasteiger charge is 2.48. The van der Waals surface area contributed by atoms with Gasteiger partial charge >= 0.3 is 6.85 Å². The van der Waals surface area contributed by atoms with Gasteiger partial charge in [0.05, 0.1) is 0 Å². The van der Waals surface area contributed by atoms with Crippen molar-refractivity contribution in [1.29, 1.82) is 0 Å². The van der Waals surface area contributed by atoms with Crippen molar-refractivity contribution in [3.63, 3.8) is 0 Å². The van der Waals surface area contributed by atoms with E-state index in [2.05, 4.69) is 218 Å². The molecular weight excluding hydrogens is 828 g/mol. The quantitative estimate of drug-likeness (QED) is 0.163. The van der Waals surface area contributed by atoms with Crippen molar-refractivity contribution in [3.05, 3.63) is 173 Å². The van der Waals surface area contributed by atoms with Crippen LogP contribution in [0.3, 0.4) is 0 Å². The second-order valence-electron chi connectivity index (χ2n) is 23.1. The van der Waals surface area contributed by atoms with Crippen LogP contribution in [0.2, 0.25) is 0 Å². The van der Waals surface area contributed by atoms with E-state index in [-0.39, 0.29) is 28.5 Å². The lowest BCUT2D eigenvalue weighted by Crippen LogP contribution is -2.61. The van der Waals surface area contributed by atoms with Crippen LogP contribution < -0.4 is 20.6 Å². The first-order valence-electron chi connectivity index (χ1n) is 24.7. The summed E-state index contributed by atoms with van der Waals surface area (Å²) < 4.78 is 2.67. The first kappa shape index (κ1) is 41.1. The van der Waals surface area contributed by atoms with Crippen LogP contribution >= 0.6 is 11.3 Å². The molecule has 0 atom stereocenters. The normalized spacial score (nSPS) is 18.1. The largest absolute Gasteiger partial charge is 0.376 e. The molecule has 0 amide bonds. The fourth-order valence-electron chi connectivity index (χ4n) is 13.0. The zero-order valence-electron chi connectivity index (χ0n) is 40.6. The highest BCUT2D eigenvalue weighted by Crippen LogP contribution is 2.55. The minimum absolute atomic E-state index is 0.0559. The van der Waals surface area contributed by atoms with Gasteiger partial charge < -0.3 is 9.71 Å². The first-order chi connectivity index (χ1) is 32.1. The summed E-state index contributed by atoms with van der Waals surface area (Å²) in [5.41, 5.74) is 21.9. The van der Waals surface area contributed by atoms with Crippen molar-refractivity contribution < 1.29 is 0 Å². The summed E-state index contributed by atoms with van der Waals surface area (Å²) in [5, 5.41) is 5.25. The fourth-order valence-corrected chi connectivity index (χ4v) is 14.1. The molecule has 2 aliphatic carbocycles. The molecule has 67 heavy (non-hydrogen) atoms. The smallest absolute Gasteiger partial charge is 0.333 e. The number of rotatable bonds is 3. The van der Waals surface area contributed by atoms with Gasteiger partial charge in [-0.05, 0) is 169 Å². The van der Waals surface area contributed by atoms with Crippen molar-refractivity contribution >= 4 is 88.5 Å². The molecule has 330 valence electrons. The van der Waals surface area contributed by atoms with Crippen LogP contribution in [-0.4, -0.2) is 6.85 Å². The van der Waals surface area contributed by atoms with E-state index in [1.807, 2.05) is 11.3 Å². The first-order valence-corrected chi connectivity index (χ1v) is 25.5. The molecule has 2 nitrogen and oxygen atoms in total. The van der Waals surface area contributed by atoms with Gasteiger partial charge in [-0.2, -0.15) is 0 Å². The molecule has 0 fully saturated rings. The van der Waals surface area contributed by atoms with Crippen molar-refractivity contribution in [2.75, 3.05) is 9.71 Å². The Bertz CT molecular complexity index is 3570. The molecule has 8 aromatic carbocycles. The summed E-state index contributed by atoms with van der Waals surface area (Å²) in [5.74, 6) is 0. The topological polar surface area (TPSA) is 6.48 Å². The van der Waals surface area contributed by atoms with Crippen LogP contribution in [0.25, 0.3) is 53.2 Å². The Labute approximate surface area is 401 Å². The number of hydrogen-bond donors (Lipinski definition) is 0. The van der Waals surface area contributed by atoms with Gasteiger partial charge in [0.2, 0.25) is 0 Å². The molecule has 0 N–H and O–H groups in total. The average Bonchev–Trinajstić information content (AvgIpc) is 3.69. The Hall–Kier alpha value is -6.10. The Morgan fingerprint density at radius 1 is 0.463 bits per heavy atom. The summed E-state index contributed by atoms with van der Waals surface area (Å²) in [6.45, 7) is 21.9. The lowest BCUT2D eigenvalue weighted by Gasteiger charge is -2.48. The van der Waals surface area contributed by atoms with E-state index in [4.69, 9.17) is 0 Å². The van der Waals surface area contributed by atoms with E-state index >= 15 is 0 Å². The van der Waals surface area contributed by atoms with E-state index in [0.29, 0.717) is 0 Å². The lowest BCUT2D eigenvalue weighted by molar-refractivity contribution is 0.332. The molecule has 0 radical (unpaired) electrons. The summed E-state index contributed by atoms with van der Waals surface area (Å²) in [7, 11) is 0. The van der Waals surface area contributed by atoms with Gasteiger partial charge in [-0.3, -0.25) is 0 Å². The van der Waals surface area contributed by atoms with Crippen LogP contribution in [0.1, 0.15) is 109 Å². The third-order valence-electron chi connectivity index (χ3n) is 17.1. The zero-order chi connectivity index (χ0) is 45.9. The Morgan fingerprint density at radius 3 is 1.85 bits per heavy atom. The van der Waals surface area contributed by atoms with E-state index in [0.717, 1.165) is 0 Å². The Morgan fingerprint density at radius 2 is 1.10 bits per heavy atom. The van der Waals surface area contributed by atoms with Crippen LogP contribution in [-0.2, 0) is 21.7 Å². The number of thiophene rings is 1. The van der Waals surface area contributed by atoms with Gasteiger partial charge in [0.15, 0.2) is 0 Å². The summed E-state index contributed by atoms with van der Waals surface area (Å²) in [4.78, 5) is 5.45. The van der Waals surface area contributed by atoms with Gasteiger partial charge in [-0.1, -0.05) is 152 Å². The molecule has 3 heterocycles. The standard InChI is InChI=1S/C63H59BN2S/c1-38-31-48-50(63(8,9)30-29-61(48,4)5)37-53(38)65-52-26-23-40(39-17-11-10-12-18-39)32-51(52)64-59-55(65)33-41-19-13-14-20-43(41)58(59)46-36-57-45(44-21-15-16-22-56(44)67-57)35-54(46)66(64)42-24-25-47-49(34-42)62(6,7)28-27-60(47,2)3/h10-26,31-37H,27-30H2,1-9H3. The Kier molecular flexibility index (Phi) is 8.58. The predicted octanol–water partition coefficient (Wildman–Crippen LogP) is 16.6. The van der Waals surface area contributed by atoms with Crippen LogP contribution in [0.5, 0.6) is 0 Å². The molecule has 0 saturated carbocycles. The minimum Gasteiger partial charge on any atom is -0.376 e. The molecular formula is C63H59BN2S. The van der Waals surface area contributed by atoms with E-state index in [9.17, 15) is 0 Å². The molecule has 9 aromatic rings. The van der Waals surface area contributed by atoms with Crippen molar-refractivity contribution in [1.82, 2.24) is 0 Å². The molecule has 0 spiro atoms. The van der Waals surface area contributed by atoms with Crippen molar-refractivity contribution in [3.8, 4) is 22.3 Å². The van der Waals surface area contributed by atoms with Gasteiger partial charge in [-0.25, -0.2) is 0 Å². The number of fused-ring (bicyclic) bond motifs is 11. The molecule has 2 aliphatic heterocycles. The lowest BCUT2D eigenvalue weighted by atomic mass is 9.43. The van der Waals surface area contributed by atoms with Crippen LogP contribution in [0, 0.1) is 6.92 Å². The number of nitrogens with zero attached hydrogens (tertiary/aromatic N) is 2. The maximum absolute atomic E-state index is 2.77. The third kappa shape index (κ3) is 5.94. The Balaban J connectivity index is 1.19. The molecule has 13 rings (SSSR count). The average molecular weight is 887 g/mol. The maximum Gasteiger partial charge on any atom is 0.333 e. The fraction of sp³-hybridized carbons (Fsp3) is 0.270. The highest BCUT2D eigenvalue weighted by molar-refractivity contribution is 7.25. The number of hydrogen-bond acceptors (Lipinski definition) is 3. The maximum atomic E-state index is 2.77. The van der Waals surface area contributed by atoms with E-state index < -0.39 is 0 Å². The van der Waals surface area contributed by atoms with Gasteiger partial charge in [0, 0.05) is 54.2 Å². The number of aryl methyl sites for hydroxylation is 1. The van der Waals surface area contributed by atoms with E-state index in [1.54, 1.807) is 0 Å². The number of benzene rings is 8. The van der Waals surface area contributed by atoms with Crippen LogP contribution in [0.15, 0.2) is 146 Å².